The van der Waals surface area contributed by atoms with Crippen LogP contribution in [0.5, 0.6) is 5.75 Å². The molecule has 78 valence electrons. The van der Waals surface area contributed by atoms with Crippen molar-refractivity contribution in [3.8, 4) is 5.75 Å². The van der Waals surface area contributed by atoms with Gasteiger partial charge in [0.25, 0.3) is 9.05 Å². The van der Waals surface area contributed by atoms with E-state index >= 15 is 0 Å². The zero-order chi connectivity index (χ0) is 10.8. The van der Waals surface area contributed by atoms with E-state index in [1.807, 2.05) is 6.92 Å². The van der Waals surface area contributed by atoms with Crippen LogP contribution in [-0.4, -0.2) is 20.5 Å². The predicted octanol–water partition coefficient (Wildman–Crippen LogP) is 1.58. The van der Waals surface area contributed by atoms with Crippen LogP contribution in [0.4, 0.5) is 0 Å². The maximum Gasteiger partial charge on any atom is 0.265 e. The lowest BCUT2D eigenvalue weighted by molar-refractivity contribution is 0.400. The smallest absolute Gasteiger partial charge is 0.265 e. The SMILES string of the molecule is CCc1cc(S(=O)(=O)Cl)c(OC)cn1. The summed E-state index contributed by atoms with van der Waals surface area (Å²) in [5.41, 5.74) is 0.657. The number of ether oxygens (including phenoxy) is 1. The normalized spacial score (nSPS) is 11.4. The molecule has 6 heteroatoms. The molecule has 1 rings (SSSR count). The molecule has 1 heterocycles. The monoisotopic (exact) mass is 235 g/mol. The molecule has 0 radical (unpaired) electrons. The van der Waals surface area contributed by atoms with Gasteiger partial charge in [0.1, 0.15) is 4.90 Å². The molecule has 0 aliphatic carbocycles. The Morgan fingerprint density at radius 2 is 2.21 bits per heavy atom. The van der Waals surface area contributed by atoms with Gasteiger partial charge >= 0.3 is 0 Å². The first kappa shape index (κ1) is 11.3. The van der Waals surface area contributed by atoms with Crippen LogP contribution in [0.15, 0.2) is 17.2 Å². The fourth-order valence-electron chi connectivity index (χ4n) is 1.00. The zero-order valence-corrected chi connectivity index (χ0v) is 9.39. The van der Waals surface area contributed by atoms with Crippen LogP contribution in [0.25, 0.3) is 0 Å². The molecule has 4 nitrogen and oxygen atoms in total. The maximum atomic E-state index is 11.1. The molecule has 0 aliphatic heterocycles. The number of nitrogens with zero attached hydrogens (tertiary/aromatic N) is 1. The number of methoxy groups -OCH3 is 1. The molecule has 0 N–H and O–H groups in total. The van der Waals surface area contributed by atoms with Gasteiger partial charge in [0.15, 0.2) is 5.75 Å². The lowest BCUT2D eigenvalue weighted by Gasteiger charge is -2.05. The third kappa shape index (κ3) is 2.36. The van der Waals surface area contributed by atoms with Gasteiger partial charge in [0.2, 0.25) is 0 Å². The Bertz CT molecular complexity index is 430. The molecule has 0 amide bonds. The van der Waals surface area contributed by atoms with Crippen molar-refractivity contribution in [1.82, 2.24) is 4.98 Å². The molecule has 0 saturated heterocycles. The number of hydrogen-bond acceptors (Lipinski definition) is 4. The quantitative estimate of drug-likeness (QED) is 0.747. The molecule has 0 unspecified atom stereocenters. The van der Waals surface area contributed by atoms with Gasteiger partial charge in [0, 0.05) is 16.4 Å². The Balaban J connectivity index is 3.37. The summed E-state index contributed by atoms with van der Waals surface area (Å²) in [5, 5.41) is 0. The third-order valence-corrected chi connectivity index (χ3v) is 3.08. The van der Waals surface area contributed by atoms with E-state index in [-0.39, 0.29) is 10.6 Å². The van der Waals surface area contributed by atoms with E-state index in [2.05, 4.69) is 4.98 Å². The van der Waals surface area contributed by atoms with Gasteiger partial charge in [-0.25, -0.2) is 8.42 Å². The molecule has 0 atom stereocenters. The minimum Gasteiger partial charge on any atom is -0.494 e. The number of pyridine rings is 1. The molecule has 0 bridgehead atoms. The Hall–Kier alpha value is -0.810. The van der Waals surface area contributed by atoms with Gasteiger partial charge in [-0.2, -0.15) is 0 Å². The highest BCUT2D eigenvalue weighted by atomic mass is 35.7. The first-order chi connectivity index (χ1) is 6.49. The lowest BCUT2D eigenvalue weighted by Crippen LogP contribution is -1.99. The molecular formula is C8H10ClNO3S. The van der Waals surface area contributed by atoms with E-state index in [4.69, 9.17) is 15.4 Å². The van der Waals surface area contributed by atoms with Gasteiger partial charge < -0.3 is 4.74 Å². The molecular weight excluding hydrogens is 226 g/mol. The Morgan fingerprint density at radius 3 is 2.64 bits per heavy atom. The Kier molecular flexibility index (Phi) is 3.34. The number of rotatable bonds is 3. The summed E-state index contributed by atoms with van der Waals surface area (Å²) < 4.78 is 27.1. The third-order valence-electron chi connectivity index (χ3n) is 1.73. The minimum absolute atomic E-state index is 0.0338. The van der Waals surface area contributed by atoms with Crippen LogP contribution >= 0.6 is 10.7 Å². The molecule has 1 aromatic heterocycles. The van der Waals surface area contributed by atoms with Gasteiger partial charge in [-0.1, -0.05) is 6.92 Å². The van der Waals surface area contributed by atoms with Crippen LogP contribution in [-0.2, 0) is 15.5 Å². The predicted molar refractivity (Wildman–Crippen MR) is 53.2 cm³/mol. The Labute approximate surface area is 87.3 Å². The molecule has 1 aromatic rings. The van der Waals surface area contributed by atoms with Gasteiger partial charge in [0.05, 0.1) is 13.3 Å². The summed E-state index contributed by atoms with van der Waals surface area (Å²) in [6.07, 6.45) is 2.00. The highest BCUT2D eigenvalue weighted by molar-refractivity contribution is 8.13. The van der Waals surface area contributed by atoms with E-state index in [0.29, 0.717) is 12.1 Å². The van der Waals surface area contributed by atoms with Gasteiger partial charge in [-0.15, -0.1) is 0 Å². The van der Waals surface area contributed by atoms with Crippen LogP contribution < -0.4 is 4.74 Å². The van der Waals surface area contributed by atoms with Crippen molar-refractivity contribution >= 4 is 19.7 Å². The first-order valence-electron chi connectivity index (χ1n) is 3.96. The number of halogens is 1. The molecule has 0 spiro atoms. The van der Waals surface area contributed by atoms with Crippen molar-refractivity contribution in [2.24, 2.45) is 0 Å². The van der Waals surface area contributed by atoms with E-state index < -0.39 is 9.05 Å². The van der Waals surface area contributed by atoms with Crippen molar-refractivity contribution < 1.29 is 13.2 Å². The van der Waals surface area contributed by atoms with Crippen molar-refractivity contribution in [2.45, 2.75) is 18.2 Å². The van der Waals surface area contributed by atoms with E-state index in [1.165, 1.54) is 19.4 Å². The van der Waals surface area contributed by atoms with Crippen LogP contribution in [0.3, 0.4) is 0 Å². The van der Waals surface area contributed by atoms with E-state index in [9.17, 15) is 8.42 Å². The summed E-state index contributed by atoms with van der Waals surface area (Å²) in [5.74, 6) is 0.164. The minimum atomic E-state index is -3.77. The van der Waals surface area contributed by atoms with Crippen LogP contribution in [0.2, 0.25) is 0 Å². The van der Waals surface area contributed by atoms with Crippen LogP contribution in [0.1, 0.15) is 12.6 Å². The maximum absolute atomic E-state index is 11.1. The van der Waals surface area contributed by atoms with E-state index in [0.717, 1.165) is 0 Å². The fraction of sp³-hybridized carbons (Fsp3) is 0.375. The molecule has 0 aliphatic rings. The topological polar surface area (TPSA) is 56.3 Å². The standard InChI is InChI=1S/C8H10ClNO3S/c1-3-6-4-8(14(9,11)12)7(13-2)5-10-6/h4-5H,3H2,1-2H3. The molecule has 0 saturated carbocycles. The highest BCUT2D eigenvalue weighted by Crippen LogP contribution is 2.26. The number of aromatic nitrogens is 1. The number of aryl methyl sites for hydroxylation is 1. The zero-order valence-electron chi connectivity index (χ0n) is 7.82. The lowest BCUT2D eigenvalue weighted by atomic mass is 10.3. The number of hydrogen-bond donors (Lipinski definition) is 0. The van der Waals surface area contributed by atoms with E-state index in [1.54, 1.807) is 0 Å². The average Bonchev–Trinajstić information content (AvgIpc) is 2.15. The highest BCUT2D eigenvalue weighted by Gasteiger charge is 2.17. The van der Waals surface area contributed by atoms with Crippen molar-refractivity contribution in [2.75, 3.05) is 7.11 Å². The van der Waals surface area contributed by atoms with Gasteiger partial charge in [-0.05, 0) is 12.5 Å². The fourth-order valence-corrected chi connectivity index (χ4v) is 2.02. The molecule has 0 fully saturated rings. The first-order valence-corrected chi connectivity index (χ1v) is 6.27. The summed E-state index contributed by atoms with van der Waals surface area (Å²) in [4.78, 5) is 3.96. The van der Waals surface area contributed by atoms with Crippen molar-refractivity contribution in [3.63, 3.8) is 0 Å². The van der Waals surface area contributed by atoms with Crippen molar-refractivity contribution in [3.05, 3.63) is 18.0 Å². The second-order valence-corrected chi connectivity index (χ2v) is 5.15. The summed E-state index contributed by atoms with van der Waals surface area (Å²) in [6.45, 7) is 1.87. The second-order valence-electron chi connectivity index (χ2n) is 2.62. The van der Waals surface area contributed by atoms with Crippen molar-refractivity contribution in [1.29, 1.82) is 0 Å². The summed E-state index contributed by atoms with van der Waals surface area (Å²) in [6, 6.07) is 1.42. The summed E-state index contributed by atoms with van der Waals surface area (Å²) in [7, 11) is 2.83. The van der Waals surface area contributed by atoms with Gasteiger partial charge in [-0.3, -0.25) is 4.98 Å². The van der Waals surface area contributed by atoms with Crippen LogP contribution in [0, 0.1) is 0 Å². The largest absolute Gasteiger partial charge is 0.494 e. The average molecular weight is 236 g/mol. The second kappa shape index (κ2) is 4.14. The molecule has 14 heavy (non-hydrogen) atoms. The Morgan fingerprint density at radius 1 is 1.57 bits per heavy atom. The molecule has 0 aromatic carbocycles. The summed E-state index contributed by atoms with van der Waals surface area (Å²) >= 11 is 0.